The van der Waals surface area contributed by atoms with E-state index >= 15 is 0 Å². The van der Waals surface area contributed by atoms with E-state index in [9.17, 15) is 13.0 Å². The topological polar surface area (TPSA) is 57.2 Å². The second kappa shape index (κ2) is 12.1. The van der Waals surface area contributed by atoms with Gasteiger partial charge in [-0.3, -0.25) is 0 Å². The first-order valence-corrected chi connectivity index (χ1v) is 10.2. The van der Waals surface area contributed by atoms with Gasteiger partial charge in [-0.25, -0.2) is 8.42 Å². The maximum atomic E-state index is 10.6. The Morgan fingerprint density at radius 2 is 1.41 bits per heavy atom. The highest BCUT2D eigenvalue weighted by Crippen LogP contribution is 2.07. The van der Waals surface area contributed by atoms with Crippen LogP contribution < -0.4 is 0 Å². The smallest absolute Gasteiger partial charge is 0.0948 e. The first kappa shape index (κ1) is 21.6. The highest BCUT2D eigenvalue weighted by atomic mass is 32.2. The number of allylic oxidation sites excluding steroid dienone is 2. The molecule has 5 heteroatoms. The average Bonchev–Trinajstić information content (AvgIpc) is 2.39. The summed E-state index contributed by atoms with van der Waals surface area (Å²) in [5, 5.41) is 0. The highest BCUT2D eigenvalue weighted by Gasteiger charge is 2.14. The Morgan fingerprint density at radius 1 is 0.864 bits per heavy atom. The Kier molecular flexibility index (Phi) is 11.9. The number of unbranched alkanes of at least 4 members (excludes halogenated alkanes) is 6. The molecule has 4 nitrogen and oxygen atoms in total. The maximum absolute atomic E-state index is 10.6. The van der Waals surface area contributed by atoms with Crippen LogP contribution in [0.4, 0.5) is 0 Å². The summed E-state index contributed by atoms with van der Waals surface area (Å²) in [6.07, 6.45) is 15.0. The van der Waals surface area contributed by atoms with E-state index in [2.05, 4.69) is 33.2 Å². The van der Waals surface area contributed by atoms with E-state index in [4.69, 9.17) is 0 Å². The zero-order valence-corrected chi connectivity index (χ0v) is 15.5. The van der Waals surface area contributed by atoms with Gasteiger partial charge in [0.1, 0.15) is 0 Å². The standard InChI is InChI=1S/C17H35NO3S/c1-4-5-6-7-8-9-10-11-12-13-15-18(2,3)16-14-17-22(19,20)21/h10-11H,4-9,12-17H2,1-3H3. The molecule has 0 fully saturated rings. The van der Waals surface area contributed by atoms with Crippen LogP contribution in [0, 0.1) is 0 Å². The molecule has 0 rings (SSSR count). The Hall–Kier alpha value is -0.390. The minimum atomic E-state index is -4.06. The van der Waals surface area contributed by atoms with Crippen LogP contribution in [0.3, 0.4) is 0 Å². The van der Waals surface area contributed by atoms with Crippen LogP contribution in [0.15, 0.2) is 12.2 Å². The molecule has 0 saturated heterocycles. The summed E-state index contributed by atoms with van der Waals surface area (Å²) in [4.78, 5) is 0. The lowest BCUT2D eigenvalue weighted by atomic mass is 10.1. The quantitative estimate of drug-likeness (QED) is 0.211. The van der Waals surface area contributed by atoms with Crippen LogP contribution in [0.2, 0.25) is 0 Å². The van der Waals surface area contributed by atoms with Gasteiger partial charge >= 0.3 is 0 Å². The van der Waals surface area contributed by atoms with Crippen molar-refractivity contribution in [3.8, 4) is 0 Å². The normalized spacial score (nSPS) is 13.1. The third-order valence-corrected chi connectivity index (χ3v) is 4.72. The third-order valence-electron chi connectivity index (χ3n) is 3.93. The van der Waals surface area contributed by atoms with E-state index in [1.807, 2.05) is 0 Å². The molecule has 0 radical (unpaired) electrons. The van der Waals surface area contributed by atoms with Gasteiger partial charge < -0.3 is 9.04 Å². The highest BCUT2D eigenvalue weighted by molar-refractivity contribution is 7.85. The van der Waals surface area contributed by atoms with E-state index < -0.39 is 10.1 Å². The van der Waals surface area contributed by atoms with Gasteiger partial charge in [0.15, 0.2) is 0 Å². The summed E-state index contributed by atoms with van der Waals surface area (Å²) in [6.45, 7) is 3.99. The molecule has 0 aliphatic rings. The van der Waals surface area contributed by atoms with E-state index in [0.29, 0.717) is 6.42 Å². The zero-order valence-electron chi connectivity index (χ0n) is 14.7. The lowest BCUT2D eigenvalue weighted by Gasteiger charge is -2.29. The molecule has 0 aromatic carbocycles. The van der Waals surface area contributed by atoms with Gasteiger partial charge in [0.2, 0.25) is 0 Å². The predicted octanol–water partition coefficient (Wildman–Crippen LogP) is 3.70. The van der Waals surface area contributed by atoms with Gasteiger partial charge in [-0.1, -0.05) is 44.8 Å². The van der Waals surface area contributed by atoms with E-state index in [1.165, 1.54) is 38.5 Å². The average molecular weight is 334 g/mol. The van der Waals surface area contributed by atoms with Crippen LogP contribution >= 0.6 is 0 Å². The molecule has 0 bridgehead atoms. The van der Waals surface area contributed by atoms with Crippen molar-refractivity contribution in [3.05, 3.63) is 12.2 Å². The molecule has 0 saturated carbocycles. The Morgan fingerprint density at radius 3 is 2.00 bits per heavy atom. The fraction of sp³-hybridized carbons (Fsp3) is 0.882. The molecule has 0 unspecified atom stereocenters. The lowest BCUT2D eigenvalue weighted by molar-refractivity contribution is -0.890. The van der Waals surface area contributed by atoms with Gasteiger partial charge in [0.05, 0.1) is 37.3 Å². The Labute approximate surface area is 137 Å². The number of nitrogens with zero attached hydrogens (tertiary/aromatic N) is 1. The third kappa shape index (κ3) is 16.0. The van der Waals surface area contributed by atoms with Gasteiger partial charge in [0, 0.05) is 12.2 Å². The summed E-state index contributed by atoms with van der Waals surface area (Å²) < 4.78 is 32.5. The van der Waals surface area contributed by atoms with Crippen molar-refractivity contribution in [2.75, 3.05) is 32.9 Å². The molecule has 0 atom stereocenters. The fourth-order valence-electron chi connectivity index (χ4n) is 2.52. The van der Waals surface area contributed by atoms with Crippen molar-refractivity contribution < 1.29 is 17.5 Å². The largest absolute Gasteiger partial charge is 0.748 e. The number of quaternary nitrogens is 1. The molecule has 132 valence electrons. The van der Waals surface area contributed by atoms with Crippen LogP contribution in [0.1, 0.15) is 64.7 Å². The summed E-state index contributed by atoms with van der Waals surface area (Å²) in [5.41, 5.74) is 0. The van der Waals surface area contributed by atoms with Crippen molar-refractivity contribution in [2.45, 2.75) is 64.7 Å². The molecular formula is C17H35NO3S. The second-order valence-electron chi connectivity index (χ2n) is 6.81. The SMILES string of the molecule is CCCCCCCC=CCCC[N+](C)(C)CCCS(=O)(=O)[O-]. The van der Waals surface area contributed by atoms with E-state index in [-0.39, 0.29) is 5.75 Å². The van der Waals surface area contributed by atoms with E-state index in [1.54, 1.807) is 0 Å². The molecule has 0 aliphatic heterocycles. The van der Waals surface area contributed by atoms with Gasteiger partial charge in [-0.15, -0.1) is 0 Å². The molecule has 0 aromatic heterocycles. The lowest BCUT2D eigenvalue weighted by Crippen LogP contribution is -2.41. The second-order valence-corrected chi connectivity index (χ2v) is 8.34. The van der Waals surface area contributed by atoms with Crippen LogP contribution in [0.25, 0.3) is 0 Å². The summed E-state index contributed by atoms with van der Waals surface area (Å²) in [5.74, 6) is -0.243. The van der Waals surface area contributed by atoms with Gasteiger partial charge in [-0.05, 0) is 25.7 Å². The summed E-state index contributed by atoms with van der Waals surface area (Å²) >= 11 is 0. The van der Waals surface area contributed by atoms with Gasteiger partial charge in [-0.2, -0.15) is 0 Å². The molecular weight excluding hydrogens is 298 g/mol. The molecule has 0 aliphatic carbocycles. The molecule has 22 heavy (non-hydrogen) atoms. The Balaban J connectivity index is 3.59. The van der Waals surface area contributed by atoms with Crippen LogP contribution in [-0.4, -0.2) is 50.4 Å². The first-order chi connectivity index (χ1) is 10.3. The number of hydrogen-bond donors (Lipinski definition) is 0. The van der Waals surface area contributed by atoms with Crippen molar-refractivity contribution in [3.63, 3.8) is 0 Å². The molecule has 0 amide bonds. The summed E-state index contributed by atoms with van der Waals surface area (Å²) in [7, 11) is 0.122. The number of hydrogen-bond acceptors (Lipinski definition) is 3. The van der Waals surface area contributed by atoms with Crippen molar-refractivity contribution >= 4 is 10.1 Å². The van der Waals surface area contributed by atoms with Crippen molar-refractivity contribution in [1.29, 1.82) is 0 Å². The first-order valence-electron chi connectivity index (χ1n) is 8.67. The minimum absolute atomic E-state index is 0.243. The van der Waals surface area contributed by atoms with E-state index in [0.717, 1.165) is 30.4 Å². The van der Waals surface area contributed by atoms with Gasteiger partial charge in [0.25, 0.3) is 0 Å². The van der Waals surface area contributed by atoms with Crippen LogP contribution in [0.5, 0.6) is 0 Å². The van der Waals surface area contributed by atoms with Crippen molar-refractivity contribution in [1.82, 2.24) is 0 Å². The molecule has 0 spiro atoms. The monoisotopic (exact) mass is 333 g/mol. The molecule has 0 aromatic rings. The van der Waals surface area contributed by atoms with Crippen LogP contribution in [-0.2, 0) is 10.1 Å². The Bertz CT molecular complexity index is 389. The maximum Gasteiger partial charge on any atom is 0.0948 e. The minimum Gasteiger partial charge on any atom is -0.748 e. The zero-order chi connectivity index (χ0) is 16.9. The molecule has 0 N–H and O–H groups in total. The van der Waals surface area contributed by atoms with Crippen molar-refractivity contribution in [2.24, 2.45) is 0 Å². The fourth-order valence-corrected chi connectivity index (χ4v) is 3.00. The molecule has 0 heterocycles. The summed E-state index contributed by atoms with van der Waals surface area (Å²) in [6, 6.07) is 0. The predicted molar refractivity (Wildman–Crippen MR) is 92.8 cm³/mol. The number of rotatable bonds is 14.